The molecule has 24 heavy (non-hydrogen) atoms. The Bertz CT molecular complexity index is 799. The van der Waals surface area contributed by atoms with Crippen LogP contribution in [0.2, 0.25) is 0 Å². The van der Waals surface area contributed by atoms with E-state index in [0.29, 0.717) is 30.0 Å². The molecular weight excluding hydrogens is 307 g/mol. The van der Waals surface area contributed by atoms with Crippen LogP contribution in [0.5, 0.6) is 0 Å². The van der Waals surface area contributed by atoms with Gasteiger partial charge in [0, 0.05) is 18.8 Å². The molecule has 0 unspecified atom stereocenters. The molecule has 2 aromatic heterocycles. The molecule has 1 fully saturated rings. The van der Waals surface area contributed by atoms with E-state index in [1.165, 1.54) is 25.0 Å². The first-order chi connectivity index (χ1) is 11.8. The van der Waals surface area contributed by atoms with Gasteiger partial charge in [-0.15, -0.1) is 0 Å². The third kappa shape index (κ3) is 3.49. The predicted octanol–water partition coefficient (Wildman–Crippen LogP) is 3.44. The maximum absolute atomic E-state index is 13.1. The molecule has 1 saturated carbocycles. The van der Waals surface area contributed by atoms with Crippen LogP contribution in [-0.2, 0) is 13.1 Å². The van der Waals surface area contributed by atoms with E-state index in [9.17, 15) is 4.39 Å². The maximum Gasteiger partial charge on any atom is 0.241 e. The van der Waals surface area contributed by atoms with Gasteiger partial charge in [0.2, 0.25) is 11.7 Å². The molecule has 6 heteroatoms. The minimum absolute atomic E-state index is 0.214. The highest BCUT2D eigenvalue weighted by atomic mass is 19.1. The van der Waals surface area contributed by atoms with E-state index in [2.05, 4.69) is 20.0 Å². The summed E-state index contributed by atoms with van der Waals surface area (Å²) in [6.45, 7) is 1.33. The summed E-state index contributed by atoms with van der Waals surface area (Å²) in [5.74, 6) is 0.862. The quantitative estimate of drug-likeness (QED) is 0.695. The largest absolute Gasteiger partial charge is 0.337 e. The third-order valence-electron chi connectivity index (χ3n) is 4.06. The highest BCUT2D eigenvalue weighted by Crippen LogP contribution is 2.30. The maximum atomic E-state index is 13.1. The van der Waals surface area contributed by atoms with Crippen LogP contribution < -0.4 is 0 Å². The van der Waals surface area contributed by atoms with Gasteiger partial charge in [0.25, 0.3) is 0 Å². The predicted molar refractivity (Wildman–Crippen MR) is 86.2 cm³/mol. The SMILES string of the molecule is Fc1ccc(CN(Cc2nc(-c3ccccn3)no2)C2CC2)cc1. The van der Waals surface area contributed by atoms with Crippen LogP contribution in [0.1, 0.15) is 24.3 Å². The summed E-state index contributed by atoms with van der Waals surface area (Å²) in [5.41, 5.74) is 1.77. The van der Waals surface area contributed by atoms with Crippen molar-refractivity contribution in [2.24, 2.45) is 0 Å². The Balaban J connectivity index is 1.47. The van der Waals surface area contributed by atoms with Gasteiger partial charge < -0.3 is 4.52 Å². The molecule has 0 saturated heterocycles. The van der Waals surface area contributed by atoms with Gasteiger partial charge >= 0.3 is 0 Å². The molecule has 122 valence electrons. The topological polar surface area (TPSA) is 55.1 Å². The van der Waals surface area contributed by atoms with Crippen LogP contribution in [0, 0.1) is 5.82 Å². The van der Waals surface area contributed by atoms with Crippen molar-refractivity contribution in [3.8, 4) is 11.5 Å². The van der Waals surface area contributed by atoms with Gasteiger partial charge in [-0.1, -0.05) is 23.4 Å². The summed E-state index contributed by atoms with van der Waals surface area (Å²) in [6.07, 6.45) is 4.04. The molecule has 0 aliphatic heterocycles. The Labute approximate surface area is 139 Å². The average Bonchev–Trinajstić information content (AvgIpc) is 3.36. The number of rotatable bonds is 6. The monoisotopic (exact) mass is 324 g/mol. The summed E-state index contributed by atoms with van der Waals surface area (Å²) in [6, 6.07) is 12.7. The van der Waals surface area contributed by atoms with Gasteiger partial charge in [-0.05, 0) is 42.7 Å². The molecule has 3 aromatic rings. The van der Waals surface area contributed by atoms with E-state index < -0.39 is 0 Å². The number of hydrogen-bond acceptors (Lipinski definition) is 5. The Morgan fingerprint density at radius 1 is 1.08 bits per heavy atom. The zero-order valence-electron chi connectivity index (χ0n) is 13.1. The molecule has 0 N–H and O–H groups in total. The fourth-order valence-electron chi connectivity index (χ4n) is 2.67. The van der Waals surface area contributed by atoms with Crippen molar-refractivity contribution >= 4 is 0 Å². The Hall–Kier alpha value is -2.60. The number of aromatic nitrogens is 3. The molecular formula is C18H17FN4O. The normalized spacial score (nSPS) is 14.2. The van der Waals surface area contributed by atoms with E-state index in [0.717, 1.165) is 12.1 Å². The molecule has 1 aliphatic carbocycles. The van der Waals surface area contributed by atoms with Crippen LogP contribution in [-0.4, -0.2) is 26.1 Å². The zero-order chi connectivity index (χ0) is 16.4. The lowest BCUT2D eigenvalue weighted by Gasteiger charge is -2.19. The van der Waals surface area contributed by atoms with Crippen molar-refractivity contribution in [2.75, 3.05) is 0 Å². The fraction of sp³-hybridized carbons (Fsp3) is 0.278. The second kappa shape index (κ2) is 6.49. The van der Waals surface area contributed by atoms with Gasteiger partial charge in [-0.25, -0.2) is 4.39 Å². The highest BCUT2D eigenvalue weighted by Gasteiger charge is 2.30. The molecule has 4 rings (SSSR count). The summed E-state index contributed by atoms with van der Waals surface area (Å²) >= 11 is 0. The lowest BCUT2D eigenvalue weighted by atomic mass is 10.2. The molecule has 1 aromatic carbocycles. The third-order valence-corrected chi connectivity index (χ3v) is 4.06. The van der Waals surface area contributed by atoms with E-state index in [1.807, 2.05) is 30.3 Å². The number of halogens is 1. The smallest absolute Gasteiger partial charge is 0.241 e. The van der Waals surface area contributed by atoms with Crippen LogP contribution in [0.15, 0.2) is 53.2 Å². The first-order valence-electron chi connectivity index (χ1n) is 8.00. The lowest BCUT2D eigenvalue weighted by Crippen LogP contribution is -2.25. The van der Waals surface area contributed by atoms with Crippen LogP contribution >= 0.6 is 0 Å². The fourth-order valence-corrected chi connectivity index (χ4v) is 2.67. The number of benzene rings is 1. The highest BCUT2D eigenvalue weighted by molar-refractivity contribution is 5.46. The van der Waals surface area contributed by atoms with Crippen molar-refractivity contribution < 1.29 is 8.91 Å². The van der Waals surface area contributed by atoms with Crippen molar-refractivity contribution in [1.82, 2.24) is 20.0 Å². The number of nitrogens with zero attached hydrogens (tertiary/aromatic N) is 4. The van der Waals surface area contributed by atoms with Gasteiger partial charge in [0.15, 0.2) is 0 Å². The molecule has 0 spiro atoms. The molecule has 2 heterocycles. The van der Waals surface area contributed by atoms with Gasteiger partial charge in [0.1, 0.15) is 11.5 Å². The Morgan fingerprint density at radius 2 is 1.92 bits per heavy atom. The summed E-state index contributed by atoms with van der Waals surface area (Å²) in [4.78, 5) is 11.0. The van der Waals surface area contributed by atoms with Crippen LogP contribution in [0.3, 0.4) is 0 Å². The average molecular weight is 324 g/mol. The van der Waals surface area contributed by atoms with Gasteiger partial charge in [-0.3, -0.25) is 9.88 Å². The lowest BCUT2D eigenvalue weighted by molar-refractivity contribution is 0.209. The molecule has 0 radical (unpaired) electrons. The minimum atomic E-state index is -0.214. The standard InChI is InChI=1S/C18H17FN4O/c19-14-6-4-13(5-7-14)11-23(15-8-9-15)12-17-21-18(22-24-17)16-3-1-2-10-20-16/h1-7,10,15H,8-9,11-12H2. The molecule has 0 atom stereocenters. The van der Waals surface area contributed by atoms with Crippen molar-refractivity contribution in [1.29, 1.82) is 0 Å². The number of pyridine rings is 1. The van der Waals surface area contributed by atoms with Gasteiger partial charge in [0.05, 0.1) is 6.54 Å². The molecule has 1 aliphatic rings. The first-order valence-corrected chi connectivity index (χ1v) is 8.00. The van der Waals surface area contributed by atoms with E-state index in [1.54, 1.807) is 6.20 Å². The summed E-state index contributed by atoms with van der Waals surface area (Å²) < 4.78 is 18.4. The summed E-state index contributed by atoms with van der Waals surface area (Å²) in [5, 5.41) is 4.01. The number of hydrogen-bond donors (Lipinski definition) is 0. The molecule has 0 bridgehead atoms. The van der Waals surface area contributed by atoms with Crippen LogP contribution in [0.4, 0.5) is 4.39 Å². The molecule has 0 amide bonds. The second-order valence-corrected chi connectivity index (χ2v) is 5.99. The minimum Gasteiger partial charge on any atom is -0.337 e. The van der Waals surface area contributed by atoms with E-state index >= 15 is 0 Å². The molecule has 5 nitrogen and oxygen atoms in total. The zero-order valence-corrected chi connectivity index (χ0v) is 13.1. The van der Waals surface area contributed by atoms with Crippen LogP contribution in [0.25, 0.3) is 11.5 Å². The van der Waals surface area contributed by atoms with Crippen molar-refractivity contribution in [2.45, 2.75) is 32.0 Å². The first kappa shape index (κ1) is 15.0. The summed E-state index contributed by atoms with van der Waals surface area (Å²) in [7, 11) is 0. The Kier molecular flexibility index (Phi) is 4.04. The second-order valence-electron chi connectivity index (χ2n) is 5.99. The van der Waals surface area contributed by atoms with Crippen molar-refractivity contribution in [3.63, 3.8) is 0 Å². The van der Waals surface area contributed by atoms with Gasteiger partial charge in [-0.2, -0.15) is 4.98 Å². The van der Waals surface area contributed by atoms with E-state index in [4.69, 9.17) is 4.52 Å². The Morgan fingerprint density at radius 3 is 2.62 bits per heavy atom. The van der Waals surface area contributed by atoms with E-state index in [-0.39, 0.29) is 5.82 Å². The van der Waals surface area contributed by atoms with Crippen molar-refractivity contribution in [3.05, 3.63) is 65.9 Å².